The summed E-state index contributed by atoms with van der Waals surface area (Å²) in [7, 11) is 0. The van der Waals surface area contributed by atoms with Gasteiger partial charge in [-0.05, 0) is 35.7 Å². The highest BCUT2D eigenvalue weighted by Gasteiger charge is 2.23. The van der Waals surface area contributed by atoms with Crippen LogP contribution in [0.25, 0.3) is 77.3 Å². The van der Waals surface area contributed by atoms with Crippen LogP contribution in [-0.4, -0.2) is 14.0 Å². The number of aromatic nitrogens is 3. The van der Waals surface area contributed by atoms with Gasteiger partial charge in [-0.2, -0.15) is 0 Å². The highest BCUT2D eigenvalue weighted by atomic mass is 15.0. The Morgan fingerprint density at radius 1 is 0.405 bits per heavy atom. The average Bonchev–Trinajstić information content (AvgIpc) is 3.63. The second-order valence-electron chi connectivity index (χ2n) is 10.8. The van der Waals surface area contributed by atoms with Crippen LogP contribution in [0, 0.1) is 0 Å². The Labute approximate surface area is 242 Å². The molecular weight excluding hydrogens is 510 g/mol. The fourth-order valence-corrected chi connectivity index (χ4v) is 6.75. The molecule has 0 atom stereocenters. The third kappa shape index (κ3) is 3.19. The highest BCUT2D eigenvalue weighted by Crippen LogP contribution is 2.44. The fourth-order valence-electron chi connectivity index (χ4n) is 6.75. The lowest BCUT2D eigenvalue weighted by Gasteiger charge is -2.14. The fraction of sp³-hybridized carbons (Fsp3) is 0. The third-order valence-electron chi connectivity index (χ3n) is 8.48. The van der Waals surface area contributed by atoms with Crippen LogP contribution in [0.5, 0.6) is 0 Å². The van der Waals surface area contributed by atoms with E-state index in [1.54, 1.807) is 0 Å². The summed E-state index contributed by atoms with van der Waals surface area (Å²) in [6.07, 6.45) is 0. The lowest BCUT2D eigenvalue weighted by atomic mass is 9.98. The quantitative estimate of drug-likeness (QED) is 0.206. The molecule has 0 fully saturated rings. The molecule has 0 spiro atoms. The van der Waals surface area contributed by atoms with Crippen LogP contribution in [0.2, 0.25) is 0 Å². The molecule has 3 nitrogen and oxygen atoms in total. The summed E-state index contributed by atoms with van der Waals surface area (Å²) in [5.41, 5.74) is 9.06. The van der Waals surface area contributed by atoms with Crippen LogP contribution in [0.1, 0.15) is 0 Å². The van der Waals surface area contributed by atoms with Gasteiger partial charge < -0.3 is 4.57 Å². The maximum atomic E-state index is 5.38. The minimum absolute atomic E-state index is 0.950. The van der Waals surface area contributed by atoms with Crippen molar-refractivity contribution in [3.63, 3.8) is 0 Å². The molecule has 0 aliphatic carbocycles. The molecule has 9 aromatic rings. The summed E-state index contributed by atoms with van der Waals surface area (Å²) < 4.78 is 4.79. The molecule has 3 heteroatoms. The molecule has 42 heavy (non-hydrogen) atoms. The van der Waals surface area contributed by atoms with Crippen molar-refractivity contribution in [2.45, 2.75) is 0 Å². The van der Waals surface area contributed by atoms with E-state index in [4.69, 9.17) is 4.98 Å². The summed E-state index contributed by atoms with van der Waals surface area (Å²) in [5, 5.41) is 6.19. The first-order valence-electron chi connectivity index (χ1n) is 14.3. The number of hydrogen-bond acceptors (Lipinski definition) is 1. The number of nitrogens with zero attached hydrogens (tertiary/aromatic N) is 3. The number of rotatable bonds is 3. The molecule has 9 rings (SSSR count). The van der Waals surface area contributed by atoms with Gasteiger partial charge in [0.05, 0.1) is 27.8 Å². The van der Waals surface area contributed by atoms with Crippen LogP contribution in [-0.2, 0) is 0 Å². The molecule has 0 aliphatic rings. The molecule has 0 saturated carbocycles. The summed E-state index contributed by atoms with van der Waals surface area (Å²) >= 11 is 0. The number of hydrogen-bond donors (Lipinski definition) is 0. The maximum absolute atomic E-state index is 5.38. The Morgan fingerprint density at radius 2 is 0.952 bits per heavy atom. The zero-order valence-electron chi connectivity index (χ0n) is 22.8. The van der Waals surface area contributed by atoms with Crippen LogP contribution < -0.4 is 0 Å². The lowest BCUT2D eigenvalue weighted by Crippen LogP contribution is -1.96. The Morgan fingerprint density at radius 3 is 1.69 bits per heavy atom. The van der Waals surface area contributed by atoms with Crippen LogP contribution >= 0.6 is 0 Å². The molecule has 196 valence electrons. The minimum atomic E-state index is 0.950. The summed E-state index contributed by atoms with van der Waals surface area (Å²) in [6, 6.07) is 54.0. The Bertz CT molecular complexity index is 2430. The van der Waals surface area contributed by atoms with Gasteiger partial charge in [-0.15, -0.1) is 0 Å². The van der Waals surface area contributed by atoms with Crippen LogP contribution in [0.15, 0.2) is 152 Å². The topological polar surface area (TPSA) is 22.2 Å². The van der Waals surface area contributed by atoms with E-state index in [0.717, 1.165) is 39.4 Å². The van der Waals surface area contributed by atoms with E-state index in [0.29, 0.717) is 0 Å². The predicted molar refractivity (Wildman–Crippen MR) is 175 cm³/mol. The SMILES string of the molecule is c1ccc(-c2nc(-c3ccccc3)n3c4ccc5c(c6ccccc6n5-c5ccccc5)c4c4ccccc4c23)cc1. The van der Waals surface area contributed by atoms with E-state index >= 15 is 0 Å². The van der Waals surface area contributed by atoms with Crippen molar-refractivity contribution < 1.29 is 0 Å². The number of fused-ring (bicyclic) bond motifs is 10. The van der Waals surface area contributed by atoms with E-state index in [1.165, 1.54) is 38.0 Å². The van der Waals surface area contributed by atoms with E-state index in [2.05, 4.69) is 161 Å². The van der Waals surface area contributed by atoms with Gasteiger partial charge in [-0.1, -0.05) is 121 Å². The van der Waals surface area contributed by atoms with E-state index < -0.39 is 0 Å². The smallest absolute Gasteiger partial charge is 0.145 e. The molecule has 0 unspecified atom stereocenters. The zero-order valence-corrected chi connectivity index (χ0v) is 22.8. The molecular formula is C39H25N3. The number of para-hydroxylation sites is 2. The standard InChI is InChI=1S/C39H25N3/c1-4-14-26(15-5-1)37-38-30-21-11-10-20-29(30)35-34(42(38)39(40-37)27-16-6-2-7-17-27)25-24-33-36(35)31-22-12-13-23-32(31)41(33)28-18-8-3-9-19-28/h1-25H. The van der Waals surface area contributed by atoms with Crippen LogP contribution in [0.4, 0.5) is 0 Å². The first-order valence-corrected chi connectivity index (χ1v) is 14.3. The van der Waals surface area contributed by atoms with Gasteiger partial charge in [0.1, 0.15) is 5.82 Å². The third-order valence-corrected chi connectivity index (χ3v) is 8.48. The summed E-state index contributed by atoms with van der Waals surface area (Å²) in [5.74, 6) is 0.950. The molecule has 0 bridgehead atoms. The summed E-state index contributed by atoms with van der Waals surface area (Å²) in [4.78, 5) is 5.38. The van der Waals surface area contributed by atoms with E-state index in [9.17, 15) is 0 Å². The second kappa shape index (κ2) is 8.92. The minimum Gasteiger partial charge on any atom is -0.309 e. The monoisotopic (exact) mass is 535 g/mol. The maximum Gasteiger partial charge on any atom is 0.145 e. The van der Waals surface area contributed by atoms with Gasteiger partial charge in [0.25, 0.3) is 0 Å². The highest BCUT2D eigenvalue weighted by molar-refractivity contribution is 6.30. The zero-order chi connectivity index (χ0) is 27.6. The molecule has 3 heterocycles. The van der Waals surface area contributed by atoms with Crippen molar-refractivity contribution in [2.75, 3.05) is 0 Å². The molecule has 6 aromatic carbocycles. The van der Waals surface area contributed by atoms with Crippen molar-refractivity contribution in [3.8, 4) is 28.3 Å². The number of pyridine rings is 1. The van der Waals surface area contributed by atoms with Gasteiger partial charge in [0, 0.05) is 38.4 Å². The van der Waals surface area contributed by atoms with Crippen LogP contribution in [0.3, 0.4) is 0 Å². The van der Waals surface area contributed by atoms with E-state index in [-0.39, 0.29) is 0 Å². The van der Waals surface area contributed by atoms with Gasteiger partial charge in [-0.25, -0.2) is 4.98 Å². The normalized spacial score (nSPS) is 11.8. The predicted octanol–water partition coefficient (Wildman–Crippen LogP) is 10.1. The van der Waals surface area contributed by atoms with Gasteiger partial charge in [-0.3, -0.25) is 4.40 Å². The second-order valence-corrected chi connectivity index (χ2v) is 10.8. The molecule has 0 aliphatic heterocycles. The van der Waals surface area contributed by atoms with Gasteiger partial charge >= 0.3 is 0 Å². The Hall–Kier alpha value is -5.67. The number of imidazole rings is 1. The number of benzene rings is 6. The van der Waals surface area contributed by atoms with Crippen molar-refractivity contribution in [2.24, 2.45) is 0 Å². The largest absolute Gasteiger partial charge is 0.309 e. The van der Waals surface area contributed by atoms with Crippen molar-refractivity contribution in [1.29, 1.82) is 0 Å². The Kier molecular flexibility index (Phi) is 4.90. The molecule has 0 saturated heterocycles. The first-order chi connectivity index (χ1) is 20.9. The van der Waals surface area contributed by atoms with Gasteiger partial charge in [0.2, 0.25) is 0 Å². The first kappa shape index (κ1) is 23.1. The Balaban J connectivity index is 1.56. The van der Waals surface area contributed by atoms with E-state index in [1.807, 2.05) is 0 Å². The van der Waals surface area contributed by atoms with Gasteiger partial charge in [0.15, 0.2) is 0 Å². The van der Waals surface area contributed by atoms with Crippen molar-refractivity contribution in [3.05, 3.63) is 152 Å². The summed E-state index contributed by atoms with van der Waals surface area (Å²) in [6.45, 7) is 0. The van der Waals surface area contributed by atoms with Crippen molar-refractivity contribution in [1.82, 2.24) is 14.0 Å². The molecule has 0 N–H and O–H groups in total. The van der Waals surface area contributed by atoms with Crippen molar-refractivity contribution >= 4 is 49.0 Å². The molecule has 0 amide bonds. The average molecular weight is 536 g/mol. The lowest BCUT2D eigenvalue weighted by molar-refractivity contribution is 1.18. The molecule has 3 aromatic heterocycles. The molecule has 0 radical (unpaired) electrons.